The summed E-state index contributed by atoms with van der Waals surface area (Å²) in [5, 5.41) is 16.2. The SMILES string of the molecule is CCCCN(C[C@@H](O)C(Cc1ccccc1)NC(=O)OC[C@@H](NC(C)=O)C(N)=O)S(=O)(=O)c1ccc2ncsc2c1. The number of thiazole rings is 1. The van der Waals surface area contributed by atoms with Gasteiger partial charge in [0.2, 0.25) is 21.8 Å². The molecule has 5 N–H and O–H groups in total. The normalized spacial score (nSPS) is 13.9. The first kappa shape index (κ1) is 31.9. The Bertz CT molecular complexity index is 1430. The predicted molar refractivity (Wildman–Crippen MR) is 155 cm³/mol. The van der Waals surface area contributed by atoms with Gasteiger partial charge in [-0.3, -0.25) is 9.59 Å². The molecule has 1 unspecified atom stereocenters. The molecule has 0 aliphatic carbocycles. The minimum Gasteiger partial charge on any atom is -0.447 e. The second-order valence-electron chi connectivity index (χ2n) is 9.46. The third-order valence-electron chi connectivity index (χ3n) is 6.26. The van der Waals surface area contributed by atoms with Crippen LogP contribution in [-0.4, -0.2) is 78.6 Å². The first-order chi connectivity index (χ1) is 19.5. The van der Waals surface area contributed by atoms with Crippen LogP contribution >= 0.6 is 11.3 Å². The third-order valence-corrected chi connectivity index (χ3v) is 8.91. The summed E-state index contributed by atoms with van der Waals surface area (Å²) in [5.41, 5.74) is 8.37. The van der Waals surface area contributed by atoms with Crippen molar-refractivity contribution in [2.24, 2.45) is 5.73 Å². The average molecular weight is 606 g/mol. The van der Waals surface area contributed by atoms with E-state index in [1.807, 2.05) is 25.1 Å². The Balaban J connectivity index is 1.81. The summed E-state index contributed by atoms with van der Waals surface area (Å²) >= 11 is 1.33. The number of nitrogens with two attached hydrogens (primary N) is 1. The molecule has 2 aromatic carbocycles. The van der Waals surface area contributed by atoms with Crippen molar-refractivity contribution in [3.8, 4) is 0 Å². The minimum absolute atomic E-state index is 0.0833. The molecule has 0 fully saturated rings. The Hall–Kier alpha value is -3.59. The van der Waals surface area contributed by atoms with E-state index >= 15 is 0 Å². The molecule has 0 aliphatic heterocycles. The zero-order valence-electron chi connectivity index (χ0n) is 22.9. The van der Waals surface area contributed by atoms with E-state index in [0.29, 0.717) is 11.9 Å². The largest absolute Gasteiger partial charge is 0.447 e. The van der Waals surface area contributed by atoms with Crippen molar-refractivity contribution < 1.29 is 32.6 Å². The number of primary amides is 1. The number of sulfonamides is 1. The lowest BCUT2D eigenvalue weighted by Crippen LogP contribution is -2.52. The predicted octanol–water partition coefficient (Wildman–Crippen LogP) is 1.78. The van der Waals surface area contributed by atoms with Crippen LogP contribution in [0.5, 0.6) is 0 Å². The molecular weight excluding hydrogens is 570 g/mol. The molecule has 3 rings (SSSR count). The summed E-state index contributed by atoms with van der Waals surface area (Å²) in [6.07, 6.45) is -0.852. The number of fused-ring (bicyclic) bond motifs is 1. The molecule has 0 spiro atoms. The number of alkyl carbamates (subject to hydrolysis) is 1. The lowest BCUT2D eigenvalue weighted by atomic mass is 10.0. The van der Waals surface area contributed by atoms with Gasteiger partial charge in [-0.15, -0.1) is 11.3 Å². The van der Waals surface area contributed by atoms with Crippen LogP contribution in [0.25, 0.3) is 10.2 Å². The summed E-state index contributed by atoms with van der Waals surface area (Å²) in [4.78, 5) is 39.9. The van der Waals surface area contributed by atoms with Gasteiger partial charge in [0, 0.05) is 20.0 Å². The number of hydrogen-bond donors (Lipinski definition) is 4. The molecule has 3 aromatic rings. The highest BCUT2D eigenvalue weighted by molar-refractivity contribution is 7.89. The fourth-order valence-corrected chi connectivity index (χ4v) is 6.38. The number of aliphatic hydroxyl groups excluding tert-OH is 1. The number of aromatic nitrogens is 1. The molecule has 14 heteroatoms. The quantitative estimate of drug-likeness (QED) is 0.202. The van der Waals surface area contributed by atoms with Gasteiger partial charge in [-0.25, -0.2) is 18.2 Å². The van der Waals surface area contributed by atoms with Gasteiger partial charge < -0.3 is 26.2 Å². The van der Waals surface area contributed by atoms with Gasteiger partial charge in [0.05, 0.1) is 32.8 Å². The molecular formula is C27H35N5O7S2. The number of nitrogens with one attached hydrogen (secondary N) is 2. The van der Waals surface area contributed by atoms with E-state index in [1.54, 1.807) is 29.8 Å². The number of hydrogen-bond acceptors (Lipinski definition) is 9. The molecule has 0 radical (unpaired) electrons. The Morgan fingerprint density at radius 3 is 2.54 bits per heavy atom. The van der Waals surface area contributed by atoms with E-state index in [4.69, 9.17) is 10.5 Å². The first-order valence-corrected chi connectivity index (χ1v) is 15.4. The Morgan fingerprint density at radius 2 is 1.88 bits per heavy atom. The number of unbranched alkanes of at least 4 members (excludes halogenated alkanes) is 1. The number of benzene rings is 2. The number of rotatable bonds is 15. The number of carbonyl (C=O) groups is 3. The molecule has 12 nitrogen and oxygen atoms in total. The standard InChI is InChI=1S/C27H35N5O7S2/c1-3-4-12-32(41(37,38)20-10-11-21-25(14-20)40-17-29-21)15-24(34)22(13-19-8-6-5-7-9-19)31-27(36)39-16-23(26(28)35)30-18(2)33/h5-11,14,17,22-24,34H,3-4,12-13,15-16H2,1-2H3,(H2,28,35)(H,30,33)(H,31,36)/t22?,23-,24-/m1/s1. The van der Waals surface area contributed by atoms with Gasteiger partial charge in [0.25, 0.3) is 0 Å². The van der Waals surface area contributed by atoms with Gasteiger partial charge in [0.15, 0.2) is 0 Å². The molecule has 3 atom stereocenters. The van der Waals surface area contributed by atoms with Crippen LogP contribution in [0.1, 0.15) is 32.3 Å². The Morgan fingerprint density at radius 1 is 1.15 bits per heavy atom. The number of aliphatic hydroxyl groups is 1. The molecule has 0 saturated heterocycles. The summed E-state index contributed by atoms with van der Waals surface area (Å²) in [6, 6.07) is 11.5. The molecule has 222 valence electrons. The molecule has 41 heavy (non-hydrogen) atoms. The van der Waals surface area contributed by atoms with Crippen molar-refractivity contribution in [3.63, 3.8) is 0 Å². The summed E-state index contributed by atoms with van der Waals surface area (Å²) in [6.45, 7) is 2.47. The van der Waals surface area contributed by atoms with Crippen LogP contribution in [0.15, 0.2) is 58.9 Å². The second-order valence-corrected chi connectivity index (χ2v) is 12.3. The van der Waals surface area contributed by atoms with Crippen molar-refractivity contribution in [1.82, 2.24) is 19.9 Å². The second kappa shape index (κ2) is 14.9. The van der Waals surface area contributed by atoms with Crippen molar-refractivity contribution in [3.05, 3.63) is 59.6 Å². The van der Waals surface area contributed by atoms with Gasteiger partial charge in [-0.2, -0.15) is 4.31 Å². The van der Waals surface area contributed by atoms with E-state index in [-0.39, 0.29) is 24.4 Å². The lowest BCUT2D eigenvalue weighted by Gasteiger charge is -2.30. The van der Waals surface area contributed by atoms with E-state index in [9.17, 15) is 27.9 Å². The molecule has 0 saturated carbocycles. The minimum atomic E-state index is -4.00. The molecule has 1 heterocycles. The zero-order chi connectivity index (χ0) is 30.0. The maximum absolute atomic E-state index is 13.7. The maximum Gasteiger partial charge on any atom is 0.407 e. The first-order valence-electron chi connectivity index (χ1n) is 13.1. The van der Waals surface area contributed by atoms with Crippen molar-refractivity contribution in [1.29, 1.82) is 0 Å². The van der Waals surface area contributed by atoms with Gasteiger partial charge >= 0.3 is 6.09 Å². The molecule has 0 bridgehead atoms. The fraction of sp³-hybridized carbons (Fsp3) is 0.407. The van der Waals surface area contributed by atoms with Crippen LogP contribution in [0.3, 0.4) is 0 Å². The highest BCUT2D eigenvalue weighted by atomic mass is 32.2. The van der Waals surface area contributed by atoms with Crippen molar-refractivity contribution in [2.75, 3.05) is 19.7 Å². The monoisotopic (exact) mass is 605 g/mol. The van der Waals surface area contributed by atoms with Crippen molar-refractivity contribution in [2.45, 2.75) is 56.2 Å². The average Bonchev–Trinajstić information content (AvgIpc) is 3.41. The number of amides is 3. The Kier molecular flexibility index (Phi) is 11.6. The number of nitrogens with zero attached hydrogens (tertiary/aromatic N) is 2. The molecule has 0 aliphatic rings. The topological polar surface area (TPSA) is 181 Å². The van der Waals surface area contributed by atoms with Crippen LogP contribution < -0.4 is 16.4 Å². The smallest absolute Gasteiger partial charge is 0.407 e. The highest BCUT2D eigenvalue weighted by Gasteiger charge is 2.31. The van der Waals surface area contributed by atoms with Crippen LogP contribution in [-0.2, 0) is 30.8 Å². The lowest BCUT2D eigenvalue weighted by molar-refractivity contribution is -0.127. The Labute approximate surface area is 242 Å². The fourth-order valence-electron chi connectivity index (χ4n) is 4.07. The van der Waals surface area contributed by atoms with E-state index in [2.05, 4.69) is 15.6 Å². The van der Waals surface area contributed by atoms with E-state index in [1.165, 1.54) is 28.6 Å². The van der Waals surface area contributed by atoms with Gasteiger partial charge in [-0.05, 0) is 36.6 Å². The van der Waals surface area contributed by atoms with E-state index < -0.39 is 52.7 Å². The number of carbonyl (C=O) groups excluding carboxylic acids is 3. The van der Waals surface area contributed by atoms with Crippen LogP contribution in [0.4, 0.5) is 4.79 Å². The zero-order valence-corrected chi connectivity index (χ0v) is 24.5. The summed E-state index contributed by atoms with van der Waals surface area (Å²) in [7, 11) is -4.00. The molecule has 3 amide bonds. The van der Waals surface area contributed by atoms with E-state index in [0.717, 1.165) is 16.7 Å². The van der Waals surface area contributed by atoms with Gasteiger partial charge in [0.1, 0.15) is 12.6 Å². The molecule has 1 aromatic heterocycles. The van der Waals surface area contributed by atoms with Gasteiger partial charge in [-0.1, -0.05) is 43.7 Å². The third kappa shape index (κ3) is 9.21. The van der Waals surface area contributed by atoms with Crippen molar-refractivity contribution >= 4 is 49.5 Å². The van der Waals surface area contributed by atoms with Crippen LogP contribution in [0.2, 0.25) is 0 Å². The highest BCUT2D eigenvalue weighted by Crippen LogP contribution is 2.25. The summed E-state index contributed by atoms with van der Waals surface area (Å²) < 4.78 is 34.4. The number of ether oxygens (including phenoxy) is 1. The summed E-state index contributed by atoms with van der Waals surface area (Å²) in [5.74, 6) is -1.42. The maximum atomic E-state index is 13.7. The van der Waals surface area contributed by atoms with Crippen LogP contribution in [0, 0.1) is 0 Å².